The predicted molar refractivity (Wildman–Crippen MR) is 113 cm³/mol. The number of hydrogen-bond donors (Lipinski definition) is 1. The van der Waals surface area contributed by atoms with Gasteiger partial charge in [-0.2, -0.15) is 18.4 Å². The van der Waals surface area contributed by atoms with Crippen molar-refractivity contribution in [1.29, 1.82) is 5.26 Å². The van der Waals surface area contributed by atoms with E-state index in [4.69, 9.17) is 0 Å². The van der Waals surface area contributed by atoms with Crippen LogP contribution in [0.4, 0.5) is 13.2 Å². The molecule has 1 N–H and O–H groups in total. The molecule has 0 amide bonds. The first-order valence-electron chi connectivity index (χ1n) is 9.90. The van der Waals surface area contributed by atoms with Gasteiger partial charge in [-0.3, -0.25) is 0 Å². The third-order valence-electron chi connectivity index (χ3n) is 5.72. The number of aryl methyl sites for hydroxylation is 1. The molecule has 7 heteroatoms. The summed E-state index contributed by atoms with van der Waals surface area (Å²) in [5, 5.41) is 13.4. The maximum absolute atomic E-state index is 13.7. The first-order chi connectivity index (χ1) is 14.7. The molecule has 0 saturated heterocycles. The lowest BCUT2D eigenvalue weighted by Gasteiger charge is -2.47. The van der Waals surface area contributed by atoms with Gasteiger partial charge in [-0.25, -0.2) is 4.99 Å². The van der Waals surface area contributed by atoms with E-state index >= 15 is 0 Å². The third kappa shape index (κ3) is 3.19. The molecule has 2 aromatic carbocycles. The van der Waals surface area contributed by atoms with Gasteiger partial charge >= 0.3 is 6.18 Å². The molecule has 1 atom stereocenters. The summed E-state index contributed by atoms with van der Waals surface area (Å²) in [5.74, 6) is 0.223. The van der Waals surface area contributed by atoms with Gasteiger partial charge in [-0.05, 0) is 30.5 Å². The van der Waals surface area contributed by atoms with Gasteiger partial charge < -0.3 is 10.2 Å². The maximum Gasteiger partial charge on any atom is 0.416 e. The molecule has 4 rings (SSSR count). The monoisotopic (exact) mass is 422 g/mol. The average molecular weight is 422 g/mol. The highest BCUT2D eigenvalue weighted by Crippen LogP contribution is 2.50. The van der Waals surface area contributed by atoms with Crippen molar-refractivity contribution in [3.63, 3.8) is 0 Å². The molecule has 4 nitrogen and oxygen atoms in total. The molecule has 0 aromatic heterocycles. The Morgan fingerprint density at radius 2 is 1.84 bits per heavy atom. The molecule has 0 bridgehead atoms. The second-order valence-electron chi connectivity index (χ2n) is 7.97. The number of nitrogens with one attached hydrogen (secondary N) is 1. The topological polar surface area (TPSA) is 51.4 Å². The first-order valence-corrected chi connectivity index (χ1v) is 9.90. The smallest absolute Gasteiger partial charge is 0.331 e. The Kier molecular flexibility index (Phi) is 4.89. The minimum Gasteiger partial charge on any atom is -0.331 e. The van der Waals surface area contributed by atoms with E-state index in [1.165, 1.54) is 0 Å². The fraction of sp³-hybridized carbons (Fsp3) is 0.250. The Bertz CT molecular complexity index is 1150. The van der Waals surface area contributed by atoms with E-state index in [1.807, 2.05) is 44.2 Å². The van der Waals surface area contributed by atoms with E-state index in [-0.39, 0.29) is 5.92 Å². The van der Waals surface area contributed by atoms with Crippen LogP contribution in [0.25, 0.3) is 5.70 Å². The number of halogens is 3. The third-order valence-corrected chi connectivity index (χ3v) is 5.72. The summed E-state index contributed by atoms with van der Waals surface area (Å²) in [6.45, 7) is 5.45. The molecule has 2 heterocycles. The van der Waals surface area contributed by atoms with E-state index in [1.54, 1.807) is 30.3 Å². The van der Waals surface area contributed by atoms with E-state index in [2.05, 4.69) is 16.4 Å². The van der Waals surface area contributed by atoms with Crippen LogP contribution in [0.2, 0.25) is 0 Å². The molecule has 0 saturated carbocycles. The zero-order chi connectivity index (χ0) is 22.4. The molecule has 2 aromatic rings. The lowest BCUT2D eigenvalue weighted by molar-refractivity contribution is -0.137. The van der Waals surface area contributed by atoms with E-state index in [0.29, 0.717) is 28.4 Å². The highest BCUT2D eigenvalue weighted by atomic mass is 19.4. The van der Waals surface area contributed by atoms with Gasteiger partial charge in [0.05, 0.1) is 22.9 Å². The van der Waals surface area contributed by atoms with Crippen molar-refractivity contribution >= 4 is 11.7 Å². The van der Waals surface area contributed by atoms with Crippen LogP contribution >= 0.6 is 0 Å². The summed E-state index contributed by atoms with van der Waals surface area (Å²) < 4.78 is 41.1. The van der Waals surface area contributed by atoms with Crippen LogP contribution < -0.4 is 5.32 Å². The molecule has 0 aliphatic carbocycles. The summed E-state index contributed by atoms with van der Waals surface area (Å²) >= 11 is 0. The van der Waals surface area contributed by atoms with Crippen LogP contribution in [0.1, 0.15) is 36.1 Å². The van der Waals surface area contributed by atoms with Crippen molar-refractivity contribution in [2.24, 2.45) is 10.9 Å². The molecule has 0 fully saturated rings. The standard InChI is InChI=1S/C24H21F3N4/c1-15(2)23(18-11-16(3)12-19(13-18)24(25,26)27)20(14-28)21(17-7-5-4-6-8-17)30-22-29-9-10-31(22)23/h4-13,15H,1-3H3,(H,29,30). The van der Waals surface area contributed by atoms with Crippen LogP contribution in [0, 0.1) is 24.2 Å². The average Bonchev–Trinajstić information content (AvgIpc) is 3.20. The zero-order valence-electron chi connectivity index (χ0n) is 17.3. The molecule has 2 aliphatic heterocycles. The Hall–Kier alpha value is -3.53. The van der Waals surface area contributed by atoms with Crippen LogP contribution in [0.3, 0.4) is 0 Å². The Morgan fingerprint density at radius 3 is 2.45 bits per heavy atom. The van der Waals surface area contributed by atoms with Crippen LogP contribution in [0.5, 0.6) is 0 Å². The van der Waals surface area contributed by atoms with Crippen LogP contribution in [-0.4, -0.2) is 10.9 Å². The summed E-state index contributed by atoms with van der Waals surface area (Å²) in [5.41, 5.74) is 0.473. The van der Waals surface area contributed by atoms with E-state index in [0.717, 1.165) is 17.7 Å². The molecule has 0 radical (unpaired) electrons. The van der Waals surface area contributed by atoms with Crippen LogP contribution in [-0.2, 0) is 11.7 Å². The number of hydrogen-bond acceptors (Lipinski definition) is 4. The highest BCUT2D eigenvalue weighted by Gasteiger charge is 2.51. The minimum atomic E-state index is -4.50. The highest BCUT2D eigenvalue weighted by molar-refractivity contribution is 5.95. The van der Waals surface area contributed by atoms with Gasteiger partial charge in [0.1, 0.15) is 5.54 Å². The molecule has 2 aliphatic rings. The summed E-state index contributed by atoms with van der Waals surface area (Å²) in [7, 11) is 0. The lowest BCUT2D eigenvalue weighted by atomic mass is 9.70. The zero-order valence-corrected chi connectivity index (χ0v) is 17.3. The minimum absolute atomic E-state index is 0.251. The van der Waals surface area contributed by atoms with Gasteiger partial charge in [0, 0.05) is 18.0 Å². The first kappa shape index (κ1) is 20.7. The van der Waals surface area contributed by atoms with Gasteiger partial charge in [0.25, 0.3) is 0 Å². The molecule has 1 unspecified atom stereocenters. The second-order valence-corrected chi connectivity index (χ2v) is 7.97. The number of fused-ring (bicyclic) bond motifs is 1. The molecule has 31 heavy (non-hydrogen) atoms. The Morgan fingerprint density at radius 1 is 1.13 bits per heavy atom. The van der Waals surface area contributed by atoms with Crippen molar-refractivity contribution in [2.75, 3.05) is 0 Å². The number of alkyl halides is 3. The van der Waals surface area contributed by atoms with Crippen LogP contribution in [0.15, 0.2) is 71.5 Å². The number of aliphatic imine (C=N–C) groups is 1. The van der Waals surface area contributed by atoms with Crippen molar-refractivity contribution in [3.8, 4) is 6.07 Å². The van der Waals surface area contributed by atoms with Crippen molar-refractivity contribution < 1.29 is 13.2 Å². The second kappa shape index (κ2) is 7.31. The Balaban J connectivity index is 2.10. The van der Waals surface area contributed by atoms with Gasteiger partial charge in [-0.1, -0.05) is 55.8 Å². The molecular weight excluding hydrogens is 401 g/mol. The number of benzene rings is 2. The van der Waals surface area contributed by atoms with Gasteiger partial charge in [0.15, 0.2) is 0 Å². The van der Waals surface area contributed by atoms with Gasteiger partial charge in [-0.15, -0.1) is 0 Å². The molecule has 0 spiro atoms. The summed E-state index contributed by atoms with van der Waals surface area (Å²) in [6.07, 6.45) is -1.09. The van der Waals surface area contributed by atoms with E-state index < -0.39 is 17.3 Å². The quantitative estimate of drug-likeness (QED) is 0.706. The predicted octanol–water partition coefficient (Wildman–Crippen LogP) is 5.55. The molecular formula is C24H21F3N4. The summed E-state index contributed by atoms with van der Waals surface area (Å²) in [6, 6.07) is 15.5. The largest absolute Gasteiger partial charge is 0.416 e. The fourth-order valence-electron chi connectivity index (χ4n) is 4.45. The van der Waals surface area contributed by atoms with Crippen molar-refractivity contribution in [3.05, 3.63) is 88.8 Å². The molecule has 158 valence electrons. The van der Waals surface area contributed by atoms with E-state index in [9.17, 15) is 18.4 Å². The number of rotatable bonds is 3. The maximum atomic E-state index is 13.7. The number of guanidine groups is 1. The van der Waals surface area contributed by atoms with Gasteiger partial charge in [0.2, 0.25) is 5.96 Å². The number of nitrogens with zero attached hydrogens (tertiary/aromatic N) is 3. The normalized spacial score (nSPS) is 20.5. The SMILES string of the molecule is Cc1cc(C(F)(F)F)cc(C2(C(C)C)C(C#N)=C(c3ccccc3)N=C3NC=CN32)c1. The summed E-state index contributed by atoms with van der Waals surface area (Å²) in [4.78, 5) is 6.44. The fourth-order valence-corrected chi connectivity index (χ4v) is 4.45. The Labute approximate surface area is 179 Å². The number of nitriles is 1. The van der Waals surface area contributed by atoms with Crippen molar-refractivity contribution in [2.45, 2.75) is 32.5 Å². The lowest BCUT2D eigenvalue weighted by Crippen LogP contribution is -2.54. The van der Waals surface area contributed by atoms with Crippen molar-refractivity contribution in [1.82, 2.24) is 10.2 Å².